The number of aliphatic hydroxyl groups is 2. The predicted molar refractivity (Wildman–Crippen MR) is 87.0 cm³/mol. The van der Waals surface area contributed by atoms with Gasteiger partial charge in [-0.3, -0.25) is 9.40 Å². The van der Waals surface area contributed by atoms with Crippen molar-refractivity contribution in [2.45, 2.75) is 43.8 Å². The summed E-state index contributed by atoms with van der Waals surface area (Å²) < 4.78 is 7.40. The highest BCUT2D eigenvalue weighted by molar-refractivity contribution is 5.81. The van der Waals surface area contributed by atoms with Crippen molar-refractivity contribution >= 4 is 17.0 Å². The number of hydrogen-bond donors (Lipinski definition) is 3. The molecule has 4 heterocycles. The zero-order valence-electron chi connectivity index (χ0n) is 13.7. The van der Waals surface area contributed by atoms with E-state index in [4.69, 9.17) is 15.3 Å². The van der Waals surface area contributed by atoms with Crippen LogP contribution in [0, 0.1) is 0 Å². The van der Waals surface area contributed by atoms with Gasteiger partial charge < -0.3 is 20.7 Å². The minimum atomic E-state index is -1.12. The first-order valence-corrected chi connectivity index (χ1v) is 8.47. The zero-order valence-corrected chi connectivity index (χ0v) is 13.7. The van der Waals surface area contributed by atoms with Gasteiger partial charge in [0.25, 0.3) is 0 Å². The summed E-state index contributed by atoms with van der Waals surface area (Å²) in [5.41, 5.74) is 6.66. The van der Waals surface area contributed by atoms with E-state index in [0.717, 1.165) is 25.9 Å². The summed E-state index contributed by atoms with van der Waals surface area (Å²) in [6.45, 7) is 1.92. The summed E-state index contributed by atoms with van der Waals surface area (Å²) in [6, 6.07) is 0. The largest absolute Gasteiger partial charge is 0.387 e. The monoisotopic (exact) mass is 350 g/mol. The molecule has 2 aliphatic heterocycles. The number of piperidine rings is 1. The van der Waals surface area contributed by atoms with Crippen LogP contribution in [0.4, 0.5) is 5.82 Å². The van der Waals surface area contributed by atoms with Crippen molar-refractivity contribution in [1.82, 2.24) is 24.6 Å². The third-order valence-corrected chi connectivity index (χ3v) is 4.73. The number of imidazole rings is 1. The van der Waals surface area contributed by atoms with Gasteiger partial charge in [-0.1, -0.05) is 6.42 Å². The predicted octanol–water partition coefficient (Wildman–Crippen LogP) is -0.555. The van der Waals surface area contributed by atoms with Gasteiger partial charge in [-0.15, -0.1) is 0 Å². The van der Waals surface area contributed by atoms with Gasteiger partial charge in [0.05, 0.1) is 12.9 Å². The molecule has 0 radical (unpaired) electrons. The number of fused-ring (bicyclic) bond motifs is 1. The second-order valence-electron chi connectivity index (χ2n) is 6.41. The normalized spacial score (nSPS) is 31.0. The highest BCUT2D eigenvalue weighted by atomic mass is 16.7. The molecule has 0 saturated carbocycles. The van der Waals surface area contributed by atoms with E-state index >= 15 is 0 Å². The number of aromatic nitrogens is 4. The molecule has 10 heteroatoms. The Labute approximate surface area is 144 Å². The molecule has 25 heavy (non-hydrogen) atoms. The minimum absolute atomic E-state index is 0.179. The molecule has 4 atom stereocenters. The Balaban J connectivity index is 1.48. The smallest absolute Gasteiger partial charge is 0.167 e. The number of anilines is 1. The number of hydroxylamine groups is 2. The van der Waals surface area contributed by atoms with Crippen LogP contribution in [0.1, 0.15) is 25.5 Å². The summed E-state index contributed by atoms with van der Waals surface area (Å²) >= 11 is 0. The Morgan fingerprint density at radius 2 is 1.96 bits per heavy atom. The number of nitrogens with zero attached hydrogens (tertiary/aromatic N) is 5. The molecule has 4 N–H and O–H groups in total. The molecule has 0 aromatic carbocycles. The van der Waals surface area contributed by atoms with Crippen LogP contribution >= 0.6 is 0 Å². The van der Waals surface area contributed by atoms with Gasteiger partial charge in [0, 0.05) is 13.1 Å². The Morgan fingerprint density at radius 3 is 2.76 bits per heavy atom. The van der Waals surface area contributed by atoms with E-state index in [1.165, 1.54) is 19.1 Å². The van der Waals surface area contributed by atoms with Gasteiger partial charge in [-0.2, -0.15) is 5.06 Å². The van der Waals surface area contributed by atoms with E-state index in [0.29, 0.717) is 11.2 Å². The van der Waals surface area contributed by atoms with Crippen LogP contribution in [-0.2, 0) is 9.57 Å². The van der Waals surface area contributed by atoms with Gasteiger partial charge in [-0.05, 0) is 12.8 Å². The Hall–Kier alpha value is -1.85. The molecule has 2 aromatic heterocycles. The number of ether oxygens (including phenoxy) is 1. The van der Waals surface area contributed by atoms with Gasteiger partial charge in [0.2, 0.25) is 0 Å². The summed E-state index contributed by atoms with van der Waals surface area (Å²) in [4.78, 5) is 17.9. The number of hydrogen-bond acceptors (Lipinski definition) is 9. The third kappa shape index (κ3) is 3.07. The second kappa shape index (κ2) is 6.81. The Kier molecular flexibility index (Phi) is 4.52. The van der Waals surface area contributed by atoms with E-state index < -0.39 is 24.5 Å². The first kappa shape index (κ1) is 16.6. The maximum absolute atomic E-state index is 10.4. The Morgan fingerprint density at radius 1 is 1.16 bits per heavy atom. The lowest BCUT2D eigenvalue weighted by molar-refractivity contribution is -0.199. The summed E-state index contributed by atoms with van der Waals surface area (Å²) in [7, 11) is 0. The summed E-state index contributed by atoms with van der Waals surface area (Å²) in [6.07, 6.45) is 2.57. The van der Waals surface area contributed by atoms with E-state index in [-0.39, 0.29) is 12.4 Å². The van der Waals surface area contributed by atoms with E-state index in [9.17, 15) is 10.2 Å². The average Bonchev–Trinajstić information content (AvgIpc) is 3.18. The van der Waals surface area contributed by atoms with Crippen molar-refractivity contribution in [3.63, 3.8) is 0 Å². The number of rotatable bonds is 4. The van der Waals surface area contributed by atoms with Gasteiger partial charge in [0.1, 0.15) is 30.2 Å². The molecule has 4 rings (SSSR count). The van der Waals surface area contributed by atoms with E-state index in [2.05, 4.69) is 15.0 Å². The second-order valence-corrected chi connectivity index (χ2v) is 6.41. The van der Waals surface area contributed by atoms with Crippen LogP contribution in [0.25, 0.3) is 11.2 Å². The molecule has 0 amide bonds. The quantitative estimate of drug-likeness (QED) is 0.664. The minimum Gasteiger partial charge on any atom is -0.387 e. The molecule has 2 fully saturated rings. The van der Waals surface area contributed by atoms with Gasteiger partial charge >= 0.3 is 0 Å². The highest BCUT2D eigenvalue weighted by Gasteiger charge is 2.44. The SMILES string of the molecule is Nc1ncnc2c1ncn2[C@@H]1O[C@H](CON2CCCCC2)[C@@H](O)[C@H]1O. The lowest BCUT2D eigenvalue weighted by atomic mass is 10.1. The third-order valence-electron chi connectivity index (χ3n) is 4.73. The Bertz CT molecular complexity index is 734. The van der Waals surface area contributed by atoms with Crippen LogP contribution in [0.2, 0.25) is 0 Å². The van der Waals surface area contributed by atoms with Crippen LogP contribution in [-0.4, -0.2) is 72.8 Å². The fourth-order valence-electron chi connectivity index (χ4n) is 3.33. The van der Waals surface area contributed by atoms with Crippen LogP contribution in [0.3, 0.4) is 0 Å². The molecule has 0 unspecified atom stereocenters. The lowest BCUT2D eigenvalue weighted by Crippen LogP contribution is -2.38. The molecular formula is C15H22N6O4. The molecule has 0 bridgehead atoms. The number of aliphatic hydroxyl groups excluding tert-OH is 2. The fraction of sp³-hybridized carbons (Fsp3) is 0.667. The van der Waals surface area contributed by atoms with E-state index in [1.54, 1.807) is 4.57 Å². The van der Waals surface area contributed by atoms with Crippen LogP contribution in [0.5, 0.6) is 0 Å². The van der Waals surface area contributed by atoms with Crippen molar-refractivity contribution in [2.24, 2.45) is 0 Å². The van der Waals surface area contributed by atoms with Crippen molar-refractivity contribution in [1.29, 1.82) is 0 Å². The molecule has 10 nitrogen and oxygen atoms in total. The fourth-order valence-corrected chi connectivity index (χ4v) is 3.33. The molecule has 2 aliphatic rings. The maximum Gasteiger partial charge on any atom is 0.167 e. The lowest BCUT2D eigenvalue weighted by Gasteiger charge is -2.27. The van der Waals surface area contributed by atoms with Crippen molar-refractivity contribution < 1.29 is 19.8 Å². The van der Waals surface area contributed by atoms with Crippen LogP contribution < -0.4 is 5.73 Å². The number of nitrogens with two attached hydrogens (primary N) is 1. The number of nitrogen functional groups attached to an aromatic ring is 1. The first-order valence-electron chi connectivity index (χ1n) is 8.47. The molecular weight excluding hydrogens is 328 g/mol. The average molecular weight is 350 g/mol. The molecule has 136 valence electrons. The van der Waals surface area contributed by atoms with Gasteiger partial charge in [-0.25, -0.2) is 15.0 Å². The summed E-state index contributed by atoms with van der Waals surface area (Å²) in [5.74, 6) is 0.252. The highest BCUT2D eigenvalue weighted by Crippen LogP contribution is 2.32. The molecule has 2 aromatic rings. The summed E-state index contributed by atoms with van der Waals surface area (Å²) in [5, 5.41) is 22.6. The van der Waals surface area contributed by atoms with Crippen molar-refractivity contribution in [3.8, 4) is 0 Å². The standard InChI is InChI=1S/C15H22N6O4/c16-13-10-14(18-7-17-13)21(8-19-10)15-12(23)11(22)9(25-15)6-24-20-4-2-1-3-5-20/h7-9,11-12,15,22-23H,1-6H2,(H2,16,17,18)/t9-,11-,12-,15-/m1/s1. The van der Waals surface area contributed by atoms with E-state index in [1.807, 2.05) is 5.06 Å². The molecule has 0 aliphatic carbocycles. The molecule has 2 saturated heterocycles. The van der Waals surface area contributed by atoms with Gasteiger partial charge in [0.15, 0.2) is 17.7 Å². The van der Waals surface area contributed by atoms with Crippen molar-refractivity contribution in [3.05, 3.63) is 12.7 Å². The van der Waals surface area contributed by atoms with Crippen molar-refractivity contribution in [2.75, 3.05) is 25.4 Å². The zero-order chi connectivity index (χ0) is 17.4. The van der Waals surface area contributed by atoms with Crippen LogP contribution in [0.15, 0.2) is 12.7 Å². The first-order chi connectivity index (χ1) is 12.1. The topological polar surface area (TPSA) is 132 Å². The molecule has 0 spiro atoms. The maximum atomic E-state index is 10.4.